The van der Waals surface area contributed by atoms with Gasteiger partial charge < -0.3 is 15.0 Å². The number of rotatable bonds is 10. The van der Waals surface area contributed by atoms with Gasteiger partial charge >= 0.3 is 0 Å². The molecular weight excluding hydrogens is 527 g/mol. The van der Waals surface area contributed by atoms with Crippen molar-refractivity contribution in [1.82, 2.24) is 10.2 Å². The quantitative estimate of drug-likeness (QED) is 0.367. The zero-order valence-corrected chi connectivity index (χ0v) is 21.1. The number of benzene rings is 3. The molecule has 0 radical (unpaired) electrons. The summed E-state index contributed by atoms with van der Waals surface area (Å²) >= 11 is 2.22. The zero-order chi connectivity index (χ0) is 23.6. The Morgan fingerprint density at radius 3 is 2.30 bits per heavy atom. The number of likely N-dealkylation sites (N-methyl/N-ethyl adjacent to an activating group) is 1. The molecule has 1 atom stereocenters. The fourth-order valence-electron chi connectivity index (χ4n) is 3.58. The number of carbonyl (C=O) groups excluding carboxylic acids is 2. The van der Waals surface area contributed by atoms with Gasteiger partial charge in [0.25, 0.3) is 5.91 Å². The van der Waals surface area contributed by atoms with Crippen LogP contribution in [0, 0.1) is 10.5 Å². The number of nitrogens with zero attached hydrogens (tertiary/aromatic N) is 1. The Morgan fingerprint density at radius 1 is 0.970 bits per heavy atom. The van der Waals surface area contributed by atoms with Crippen molar-refractivity contribution in [2.45, 2.75) is 32.9 Å². The molecule has 0 saturated heterocycles. The molecule has 0 unspecified atom stereocenters. The molecule has 0 bridgehead atoms. The van der Waals surface area contributed by atoms with Crippen molar-refractivity contribution in [1.29, 1.82) is 0 Å². The molecule has 3 aromatic carbocycles. The highest BCUT2D eigenvalue weighted by Gasteiger charge is 2.30. The van der Waals surface area contributed by atoms with Gasteiger partial charge in [-0.05, 0) is 77.4 Å². The fraction of sp³-hybridized carbons (Fsp3) is 0.259. The summed E-state index contributed by atoms with van der Waals surface area (Å²) in [5.74, 6) is 0.221. The number of ether oxygens (including phenoxy) is 1. The maximum absolute atomic E-state index is 13.5. The van der Waals surface area contributed by atoms with E-state index in [1.165, 1.54) is 0 Å². The summed E-state index contributed by atoms with van der Waals surface area (Å²) in [6.45, 7) is 4.58. The highest BCUT2D eigenvalue weighted by atomic mass is 127. The number of nitrogens with one attached hydrogen (secondary N) is 1. The molecule has 3 aromatic rings. The Kier molecular flexibility index (Phi) is 9.30. The van der Waals surface area contributed by atoms with Crippen molar-refractivity contribution in [3.8, 4) is 5.75 Å². The van der Waals surface area contributed by atoms with E-state index in [-0.39, 0.29) is 18.4 Å². The third-order valence-electron chi connectivity index (χ3n) is 5.40. The lowest BCUT2D eigenvalue weighted by Gasteiger charge is -2.31. The summed E-state index contributed by atoms with van der Waals surface area (Å²) in [6.07, 6.45) is 0.424. The first-order valence-electron chi connectivity index (χ1n) is 11.0. The summed E-state index contributed by atoms with van der Waals surface area (Å²) in [4.78, 5) is 28.2. The van der Waals surface area contributed by atoms with Crippen LogP contribution >= 0.6 is 22.6 Å². The molecule has 0 spiro atoms. The van der Waals surface area contributed by atoms with Crippen molar-refractivity contribution in [2.75, 3.05) is 13.2 Å². The molecule has 5 nitrogen and oxygen atoms in total. The van der Waals surface area contributed by atoms with E-state index in [0.717, 1.165) is 20.3 Å². The molecule has 6 heteroatoms. The second-order valence-corrected chi connectivity index (χ2v) is 9.04. The van der Waals surface area contributed by atoms with Crippen LogP contribution < -0.4 is 10.1 Å². The first kappa shape index (κ1) is 24.8. The molecule has 2 amide bonds. The lowest BCUT2D eigenvalue weighted by Crippen LogP contribution is -2.51. The Balaban J connectivity index is 1.89. The van der Waals surface area contributed by atoms with Crippen LogP contribution in [-0.2, 0) is 22.6 Å². The van der Waals surface area contributed by atoms with Gasteiger partial charge in [-0.1, -0.05) is 54.6 Å². The van der Waals surface area contributed by atoms with Gasteiger partial charge in [0.2, 0.25) is 5.91 Å². The molecule has 0 heterocycles. The largest absolute Gasteiger partial charge is 0.484 e. The van der Waals surface area contributed by atoms with E-state index in [1.54, 1.807) is 4.90 Å². The number of hydrogen-bond donors (Lipinski definition) is 1. The van der Waals surface area contributed by atoms with Gasteiger partial charge in [0.1, 0.15) is 11.8 Å². The predicted molar refractivity (Wildman–Crippen MR) is 139 cm³/mol. The number of aryl methyl sites for hydroxylation is 1. The number of carbonyl (C=O) groups is 2. The minimum Gasteiger partial charge on any atom is -0.484 e. The molecule has 33 heavy (non-hydrogen) atoms. The molecule has 0 aliphatic heterocycles. The van der Waals surface area contributed by atoms with E-state index >= 15 is 0 Å². The van der Waals surface area contributed by atoms with Crippen LogP contribution in [0.4, 0.5) is 0 Å². The third-order valence-corrected chi connectivity index (χ3v) is 6.12. The average Bonchev–Trinajstić information content (AvgIpc) is 2.82. The van der Waals surface area contributed by atoms with Gasteiger partial charge in [-0.3, -0.25) is 9.59 Å². The van der Waals surface area contributed by atoms with Crippen LogP contribution in [0.2, 0.25) is 0 Å². The molecule has 0 saturated carbocycles. The third kappa shape index (κ3) is 7.32. The molecular formula is C27H29IN2O3. The maximum atomic E-state index is 13.5. The van der Waals surface area contributed by atoms with E-state index in [4.69, 9.17) is 4.74 Å². The average molecular weight is 556 g/mol. The van der Waals surface area contributed by atoms with Crippen LogP contribution in [0.1, 0.15) is 23.6 Å². The van der Waals surface area contributed by atoms with E-state index < -0.39 is 6.04 Å². The highest BCUT2D eigenvalue weighted by Crippen LogP contribution is 2.18. The van der Waals surface area contributed by atoms with Crippen LogP contribution in [0.3, 0.4) is 0 Å². The second-order valence-electron chi connectivity index (χ2n) is 7.79. The molecule has 0 aromatic heterocycles. The van der Waals surface area contributed by atoms with Gasteiger partial charge in [0, 0.05) is 23.1 Å². The number of halogens is 1. The van der Waals surface area contributed by atoms with Crippen molar-refractivity contribution in [3.05, 3.63) is 99.1 Å². The monoisotopic (exact) mass is 556 g/mol. The van der Waals surface area contributed by atoms with Crippen LogP contribution in [0.25, 0.3) is 0 Å². The van der Waals surface area contributed by atoms with Gasteiger partial charge in [-0.15, -0.1) is 0 Å². The van der Waals surface area contributed by atoms with Crippen molar-refractivity contribution in [2.24, 2.45) is 0 Å². The molecule has 3 rings (SSSR count). The topological polar surface area (TPSA) is 58.6 Å². The fourth-order valence-corrected chi connectivity index (χ4v) is 3.94. The van der Waals surface area contributed by atoms with E-state index in [0.29, 0.717) is 25.3 Å². The van der Waals surface area contributed by atoms with E-state index in [9.17, 15) is 9.59 Å². The van der Waals surface area contributed by atoms with E-state index in [2.05, 4.69) is 27.9 Å². The normalized spacial score (nSPS) is 11.5. The van der Waals surface area contributed by atoms with Crippen molar-refractivity contribution in [3.63, 3.8) is 0 Å². The summed E-state index contributed by atoms with van der Waals surface area (Å²) in [7, 11) is 0. The van der Waals surface area contributed by atoms with Crippen LogP contribution in [-0.4, -0.2) is 35.9 Å². The maximum Gasteiger partial charge on any atom is 0.261 e. The number of amides is 2. The van der Waals surface area contributed by atoms with Gasteiger partial charge in [-0.25, -0.2) is 0 Å². The Labute approximate surface area is 209 Å². The summed E-state index contributed by atoms with van der Waals surface area (Å²) in [5.41, 5.74) is 3.07. The smallest absolute Gasteiger partial charge is 0.261 e. The minimum absolute atomic E-state index is 0.142. The van der Waals surface area contributed by atoms with Gasteiger partial charge in [0.05, 0.1) is 0 Å². The van der Waals surface area contributed by atoms with Crippen molar-refractivity contribution >= 4 is 34.4 Å². The van der Waals surface area contributed by atoms with E-state index in [1.807, 2.05) is 92.7 Å². The lowest BCUT2D eigenvalue weighted by atomic mass is 10.0. The van der Waals surface area contributed by atoms with Gasteiger partial charge in [-0.2, -0.15) is 0 Å². The summed E-state index contributed by atoms with van der Waals surface area (Å²) in [6, 6.07) is 24.6. The highest BCUT2D eigenvalue weighted by molar-refractivity contribution is 14.1. The second kappa shape index (κ2) is 12.4. The first-order chi connectivity index (χ1) is 16.0. The van der Waals surface area contributed by atoms with Crippen LogP contribution in [0.5, 0.6) is 5.75 Å². The molecule has 172 valence electrons. The zero-order valence-electron chi connectivity index (χ0n) is 19.0. The van der Waals surface area contributed by atoms with Gasteiger partial charge in [0.15, 0.2) is 6.61 Å². The predicted octanol–water partition coefficient (Wildman–Crippen LogP) is 4.75. The lowest BCUT2D eigenvalue weighted by molar-refractivity contribution is -0.142. The number of hydrogen-bond acceptors (Lipinski definition) is 3. The minimum atomic E-state index is -0.653. The molecule has 0 aliphatic carbocycles. The first-order valence-corrected chi connectivity index (χ1v) is 12.1. The SMILES string of the molecule is CCNC(=O)[C@@H](Cc1ccccc1)N(Cc1ccccc1C)C(=O)COc1ccc(I)cc1. The Hall–Kier alpha value is -2.87. The molecule has 0 aliphatic rings. The Bertz CT molecular complexity index is 1050. The standard InChI is InChI=1S/C27H29IN2O3/c1-3-29-27(32)25(17-21-10-5-4-6-11-21)30(18-22-12-8-7-9-20(22)2)26(31)19-33-24-15-13-23(28)14-16-24/h4-16,25H,3,17-19H2,1-2H3,(H,29,32)/t25-/m1/s1. The van der Waals surface area contributed by atoms with Crippen molar-refractivity contribution < 1.29 is 14.3 Å². The molecule has 0 fully saturated rings. The van der Waals surface area contributed by atoms with Crippen LogP contribution in [0.15, 0.2) is 78.9 Å². The summed E-state index contributed by atoms with van der Waals surface area (Å²) < 4.78 is 6.88. The Morgan fingerprint density at radius 2 is 1.64 bits per heavy atom. The molecule has 1 N–H and O–H groups in total. The summed E-state index contributed by atoms with van der Waals surface area (Å²) in [5, 5.41) is 2.91.